The number of carbonyl (C=O) groups excluding carboxylic acids is 1. The van der Waals surface area contributed by atoms with Crippen LogP contribution in [0.3, 0.4) is 0 Å². The maximum absolute atomic E-state index is 12.2. The highest BCUT2D eigenvalue weighted by molar-refractivity contribution is 5.81. The molecule has 0 spiro atoms. The quantitative estimate of drug-likeness (QED) is 0.826. The second-order valence-corrected chi connectivity index (χ2v) is 7.01. The van der Waals surface area contributed by atoms with Crippen LogP contribution in [-0.4, -0.2) is 23.0 Å². The summed E-state index contributed by atoms with van der Waals surface area (Å²) in [6.45, 7) is 4.50. The van der Waals surface area contributed by atoms with Crippen LogP contribution in [0.5, 0.6) is 0 Å². The highest BCUT2D eigenvalue weighted by Crippen LogP contribution is 2.36. The molecule has 0 radical (unpaired) electrons. The smallest absolute Gasteiger partial charge is 0.306 e. The van der Waals surface area contributed by atoms with E-state index < -0.39 is 5.97 Å². The van der Waals surface area contributed by atoms with Gasteiger partial charge in [0, 0.05) is 12.0 Å². The average molecular weight is 267 g/mol. The largest absolute Gasteiger partial charge is 0.481 e. The van der Waals surface area contributed by atoms with E-state index in [9.17, 15) is 9.59 Å². The van der Waals surface area contributed by atoms with Crippen LogP contribution in [0.25, 0.3) is 0 Å². The van der Waals surface area contributed by atoms with Gasteiger partial charge in [-0.1, -0.05) is 20.3 Å². The van der Waals surface area contributed by atoms with Crippen molar-refractivity contribution >= 4 is 11.9 Å². The number of hydrogen-bond donors (Lipinski definition) is 2. The van der Waals surface area contributed by atoms with Crippen LogP contribution in [0.1, 0.15) is 58.8 Å². The number of aliphatic carboxylic acids is 1. The van der Waals surface area contributed by atoms with Gasteiger partial charge in [-0.3, -0.25) is 9.59 Å². The first-order valence-corrected chi connectivity index (χ1v) is 7.40. The maximum Gasteiger partial charge on any atom is 0.306 e. The van der Waals surface area contributed by atoms with E-state index in [1.165, 1.54) is 12.8 Å². The van der Waals surface area contributed by atoms with E-state index >= 15 is 0 Å². The summed E-state index contributed by atoms with van der Waals surface area (Å²) in [5, 5.41) is 12.1. The van der Waals surface area contributed by atoms with Crippen LogP contribution in [0, 0.1) is 17.3 Å². The van der Waals surface area contributed by atoms with Gasteiger partial charge >= 0.3 is 5.97 Å². The summed E-state index contributed by atoms with van der Waals surface area (Å²) in [5.41, 5.74) is 0.315. The van der Waals surface area contributed by atoms with Crippen molar-refractivity contribution in [3.63, 3.8) is 0 Å². The van der Waals surface area contributed by atoms with Crippen molar-refractivity contribution in [2.75, 3.05) is 0 Å². The summed E-state index contributed by atoms with van der Waals surface area (Å²) in [7, 11) is 0. The minimum absolute atomic E-state index is 0.0754. The summed E-state index contributed by atoms with van der Waals surface area (Å²) in [6, 6.07) is 0.278. The normalized spacial score (nSPS) is 33.9. The average Bonchev–Trinajstić information content (AvgIpc) is 2.76. The number of rotatable bonds is 3. The molecule has 0 heterocycles. The van der Waals surface area contributed by atoms with Gasteiger partial charge in [-0.05, 0) is 43.9 Å². The molecule has 0 aliphatic heterocycles. The van der Waals surface area contributed by atoms with Crippen molar-refractivity contribution in [1.29, 1.82) is 0 Å². The Bertz CT molecular complexity index is 364. The zero-order valence-electron chi connectivity index (χ0n) is 11.9. The molecule has 0 aromatic rings. The van der Waals surface area contributed by atoms with Crippen molar-refractivity contribution in [1.82, 2.24) is 5.32 Å². The molecule has 0 saturated heterocycles. The molecule has 0 bridgehead atoms. The minimum Gasteiger partial charge on any atom is -0.481 e. The Labute approximate surface area is 115 Å². The Hall–Kier alpha value is -1.06. The molecule has 4 heteroatoms. The summed E-state index contributed by atoms with van der Waals surface area (Å²) in [6.07, 6.45) is 6.36. The molecule has 2 N–H and O–H groups in total. The standard InChI is InChI=1S/C15H25NO3/c1-15(2)7-3-4-12(9-15)16-13(17)10-5-6-11(8-10)14(18)19/h10-12H,3-9H2,1-2H3,(H,16,17)(H,18,19)/t10-,11+,12?/m1/s1. The zero-order chi connectivity index (χ0) is 14.0. The Morgan fingerprint density at radius 3 is 2.42 bits per heavy atom. The van der Waals surface area contributed by atoms with Gasteiger partial charge in [-0.25, -0.2) is 0 Å². The Kier molecular flexibility index (Phi) is 4.16. The lowest BCUT2D eigenvalue weighted by molar-refractivity contribution is -0.141. The number of carbonyl (C=O) groups is 2. The van der Waals surface area contributed by atoms with Crippen LogP contribution in [0.4, 0.5) is 0 Å². The minimum atomic E-state index is -0.755. The molecule has 2 saturated carbocycles. The summed E-state index contributed by atoms with van der Waals surface area (Å²) >= 11 is 0. The fourth-order valence-corrected chi connectivity index (χ4v) is 3.58. The van der Waals surface area contributed by atoms with Crippen molar-refractivity contribution in [2.24, 2.45) is 17.3 Å². The first kappa shape index (κ1) is 14.4. The fraction of sp³-hybridized carbons (Fsp3) is 0.867. The summed E-state index contributed by atoms with van der Waals surface area (Å²) in [4.78, 5) is 23.1. The molecule has 4 nitrogen and oxygen atoms in total. The van der Waals surface area contributed by atoms with Gasteiger partial charge in [0.25, 0.3) is 0 Å². The Morgan fingerprint density at radius 1 is 1.16 bits per heavy atom. The van der Waals surface area contributed by atoms with Crippen molar-refractivity contribution < 1.29 is 14.7 Å². The van der Waals surface area contributed by atoms with E-state index in [1.54, 1.807) is 0 Å². The van der Waals surface area contributed by atoms with Gasteiger partial charge in [0.15, 0.2) is 0 Å². The molecule has 1 amide bonds. The number of nitrogens with one attached hydrogen (secondary N) is 1. The molecule has 1 unspecified atom stereocenters. The third kappa shape index (κ3) is 3.71. The van der Waals surface area contributed by atoms with Crippen molar-refractivity contribution in [3.05, 3.63) is 0 Å². The number of hydrogen-bond acceptors (Lipinski definition) is 2. The summed E-state index contributed by atoms with van der Waals surface area (Å²) < 4.78 is 0. The first-order valence-electron chi connectivity index (χ1n) is 7.40. The first-order chi connectivity index (χ1) is 8.87. The molecule has 0 aromatic carbocycles. The van der Waals surface area contributed by atoms with Crippen LogP contribution in [0.15, 0.2) is 0 Å². The van der Waals surface area contributed by atoms with E-state index in [2.05, 4.69) is 19.2 Å². The third-order valence-corrected chi connectivity index (χ3v) is 4.70. The zero-order valence-corrected chi connectivity index (χ0v) is 11.9. The predicted molar refractivity (Wildman–Crippen MR) is 72.6 cm³/mol. The summed E-state index contributed by atoms with van der Waals surface area (Å²) in [5.74, 6) is -1.09. The van der Waals surface area contributed by atoms with E-state index in [1.807, 2.05) is 0 Å². The molecular formula is C15H25NO3. The van der Waals surface area contributed by atoms with Gasteiger partial charge in [0.1, 0.15) is 0 Å². The molecule has 3 atom stereocenters. The molecule has 2 aliphatic rings. The highest BCUT2D eigenvalue weighted by Gasteiger charge is 2.35. The van der Waals surface area contributed by atoms with Crippen LogP contribution >= 0.6 is 0 Å². The predicted octanol–water partition coefficient (Wildman–Crippen LogP) is 2.57. The lowest BCUT2D eigenvalue weighted by atomic mass is 9.75. The second kappa shape index (κ2) is 5.51. The van der Waals surface area contributed by atoms with Gasteiger partial charge in [-0.2, -0.15) is 0 Å². The lowest BCUT2D eigenvalue weighted by Crippen LogP contribution is -2.42. The molecule has 2 fully saturated rings. The number of amides is 1. The third-order valence-electron chi connectivity index (χ3n) is 4.70. The van der Waals surface area contributed by atoms with Crippen LogP contribution in [-0.2, 0) is 9.59 Å². The topological polar surface area (TPSA) is 66.4 Å². The molecule has 108 valence electrons. The molecule has 2 aliphatic carbocycles. The van der Waals surface area contributed by atoms with Gasteiger partial charge in [0.2, 0.25) is 5.91 Å². The van der Waals surface area contributed by atoms with Gasteiger partial charge in [-0.15, -0.1) is 0 Å². The second-order valence-electron chi connectivity index (χ2n) is 7.01. The maximum atomic E-state index is 12.2. The molecule has 19 heavy (non-hydrogen) atoms. The Morgan fingerprint density at radius 2 is 1.84 bits per heavy atom. The molecule has 0 aromatic heterocycles. The van der Waals surface area contributed by atoms with Gasteiger partial charge < -0.3 is 10.4 Å². The highest BCUT2D eigenvalue weighted by atomic mass is 16.4. The monoisotopic (exact) mass is 267 g/mol. The SMILES string of the molecule is CC1(C)CCCC(NC(=O)[C@@H]2CC[C@H](C(=O)O)C2)C1. The Balaban J connectivity index is 1.83. The van der Waals surface area contributed by atoms with Gasteiger partial charge in [0.05, 0.1) is 5.92 Å². The van der Waals surface area contributed by atoms with Crippen LogP contribution in [0.2, 0.25) is 0 Å². The van der Waals surface area contributed by atoms with Crippen molar-refractivity contribution in [3.8, 4) is 0 Å². The lowest BCUT2D eigenvalue weighted by Gasteiger charge is -2.36. The number of carboxylic acid groups (broad SMARTS) is 1. The number of carboxylic acids is 1. The molecular weight excluding hydrogens is 242 g/mol. The van der Waals surface area contributed by atoms with Crippen molar-refractivity contribution in [2.45, 2.75) is 64.8 Å². The fourth-order valence-electron chi connectivity index (χ4n) is 3.58. The van der Waals surface area contributed by atoms with E-state index in [0.29, 0.717) is 18.3 Å². The van der Waals surface area contributed by atoms with E-state index in [0.717, 1.165) is 19.3 Å². The van der Waals surface area contributed by atoms with E-state index in [-0.39, 0.29) is 23.8 Å². The van der Waals surface area contributed by atoms with E-state index in [4.69, 9.17) is 5.11 Å². The molecule has 2 rings (SSSR count). The van der Waals surface area contributed by atoms with Crippen LogP contribution < -0.4 is 5.32 Å².